The summed E-state index contributed by atoms with van der Waals surface area (Å²) in [6.45, 7) is 5.60. The maximum absolute atomic E-state index is 12.5. The van der Waals surface area contributed by atoms with Crippen molar-refractivity contribution >= 4 is 40.7 Å². The second kappa shape index (κ2) is 4.93. The highest BCUT2D eigenvalue weighted by Gasteiger charge is 2.50. The molecule has 6 heteroatoms. The van der Waals surface area contributed by atoms with Crippen LogP contribution in [0.4, 0.5) is 5.69 Å². The van der Waals surface area contributed by atoms with Gasteiger partial charge in [-0.25, -0.2) is 4.90 Å². The van der Waals surface area contributed by atoms with Gasteiger partial charge < -0.3 is 5.11 Å². The molecule has 0 saturated carbocycles. The molecule has 1 aliphatic heterocycles. The summed E-state index contributed by atoms with van der Waals surface area (Å²) in [6, 6.07) is 2.73. The van der Waals surface area contributed by atoms with Crippen molar-refractivity contribution < 1.29 is 14.7 Å². The van der Waals surface area contributed by atoms with Crippen LogP contribution in [0.2, 0.25) is 10.0 Å². The van der Waals surface area contributed by atoms with Crippen molar-refractivity contribution in [3.8, 4) is 5.75 Å². The van der Waals surface area contributed by atoms with E-state index in [9.17, 15) is 14.7 Å². The van der Waals surface area contributed by atoms with Gasteiger partial charge in [-0.2, -0.15) is 0 Å². The zero-order valence-corrected chi connectivity index (χ0v) is 12.9. The molecule has 1 saturated heterocycles. The molecule has 1 fully saturated rings. The van der Waals surface area contributed by atoms with Crippen LogP contribution in [-0.4, -0.2) is 16.9 Å². The van der Waals surface area contributed by atoms with Crippen LogP contribution in [0, 0.1) is 11.3 Å². The van der Waals surface area contributed by atoms with Crippen LogP contribution in [0.25, 0.3) is 0 Å². The van der Waals surface area contributed by atoms with Crippen LogP contribution in [0.5, 0.6) is 5.75 Å². The van der Waals surface area contributed by atoms with E-state index in [1.807, 2.05) is 13.8 Å². The molecule has 4 nitrogen and oxygen atoms in total. The number of imide groups is 1. The first kappa shape index (κ1) is 15.1. The number of phenols is 1. The molecule has 1 atom stereocenters. The Kier molecular flexibility index (Phi) is 3.73. The lowest BCUT2D eigenvalue weighted by Gasteiger charge is -2.26. The number of rotatable bonds is 2. The first-order chi connectivity index (χ1) is 9.18. The molecule has 1 aromatic carbocycles. The topological polar surface area (TPSA) is 57.6 Å². The highest BCUT2D eigenvalue weighted by Crippen LogP contribution is 2.43. The normalized spacial score (nSPS) is 23.0. The minimum atomic E-state index is -0.728. The lowest BCUT2D eigenvalue weighted by atomic mass is 9.78. The second-order valence-electron chi connectivity index (χ2n) is 5.54. The Labute approximate surface area is 127 Å². The van der Waals surface area contributed by atoms with Crippen LogP contribution in [0.15, 0.2) is 12.1 Å². The maximum atomic E-state index is 12.5. The fourth-order valence-electron chi connectivity index (χ4n) is 2.23. The van der Waals surface area contributed by atoms with E-state index in [0.717, 1.165) is 4.90 Å². The van der Waals surface area contributed by atoms with Gasteiger partial charge in [0.1, 0.15) is 0 Å². The summed E-state index contributed by atoms with van der Waals surface area (Å²) in [5, 5.41) is 9.56. The molecule has 1 N–H and O–H groups in total. The number of hydrogen-bond donors (Lipinski definition) is 1. The number of carbonyl (C=O) groups is 2. The van der Waals surface area contributed by atoms with Gasteiger partial charge in [-0.05, 0) is 25.0 Å². The SMILES string of the molecule is CC(C)C1(C)CC(=O)N(c2cc(Cl)c(O)c(Cl)c2)C1=O. The Balaban J connectivity index is 2.49. The van der Waals surface area contributed by atoms with Crippen LogP contribution in [0.1, 0.15) is 27.2 Å². The fraction of sp³-hybridized carbons (Fsp3) is 0.429. The largest absolute Gasteiger partial charge is 0.505 e. The number of carbonyl (C=O) groups excluding carboxylic acids is 2. The average molecular weight is 316 g/mol. The van der Waals surface area contributed by atoms with E-state index in [4.69, 9.17) is 23.2 Å². The molecule has 0 spiro atoms. The summed E-state index contributed by atoms with van der Waals surface area (Å²) in [5.74, 6) is -0.783. The number of anilines is 1. The van der Waals surface area contributed by atoms with Gasteiger partial charge in [-0.1, -0.05) is 37.0 Å². The number of halogens is 2. The number of benzene rings is 1. The third-order valence-electron chi connectivity index (χ3n) is 3.99. The summed E-state index contributed by atoms with van der Waals surface area (Å²) in [5.41, 5.74) is -0.439. The van der Waals surface area contributed by atoms with E-state index in [0.29, 0.717) is 0 Å². The molecule has 0 aromatic heterocycles. The Hall–Kier alpha value is -1.26. The Morgan fingerprint density at radius 3 is 2.15 bits per heavy atom. The standard InChI is InChI=1S/C14H15Cl2NO3/c1-7(2)14(3)6-11(18)17(13(14)20)8-4-9(15)12(19)10(16)5-8/h4-5,7,19H,6H2,1-3H3. The zero-order chi connectivity index (χ0) is 15.2. The number of hydrogen-bond acceptors (Lipinski definition) is 3. The lowest BCUT2D eigenvalue weighted by molar-refractivity contribution is -0.126. The molecular formula is C14H15Cl2NO3. The molecule has 1 aromatic rings. The zero-order valence-electron chi connectivity index (χ0n) is 11.4. The summed E-state index contributed by atoms with van der Waals surface area (Å²) in [4.78, 5) is 25.8. The molecule has 2 rings (SSSR count). The van der Waals surface area contributed by atoms with Crippen LogP contribution >= 0.6 is 23.2 Å². The van der Waals surface area contributed by atoms with Gasteiger partial charge in [-0.3, -0.25) is 9.59 Å². The van der Waals surface area contributed by atoms with Crippen LogP contribution in [0.3, 0.4) is 0 Å². The van der Waals surface area contributed by atoms with Gasteiger partial charge in [0.05, 0.1) is 21.1 Å². The van der Waals surface area contributed by atoms with Crippen molar-refractivity contribution in [3.05, 3.63) is 22.2 Å². The van der Waals surface area contributed by atoms with E-state index >= 15 is 0 Å². The second-order valence-corrected chi connectivity index (χ2v) is 6.36. The number of nitrogens with zero attached hydrogens (tertiary/aromatic N) is 1. The minimum Gasteiger partial charge on any atom is -0.505 e. The minimum absolute atomic E-state index is 0.00579. The number of amides is 2. The molecule has 1 heterocycles. The van der Waals surface area contributed by atoms with Crippen molar-refractivity contribution in [3.63, 3.8) is 0 Å². The molecule has 2 amide bonds. The third kappa shape index (κ3) is 2.17. The average Bonchev–Trinajstić information content (AvgIpc) is 2.58. The van der Waals surface area contributed by atoms with Gasteiger partial charge >= 0.3 is 0 Å². The Bertz CT molecular complexity index is 577. The first-order valence-corrected chi connectivity index (χ1v) is 6.99. The van der Waals surface area contributed by atoms with Crippen molar-refractivity contribution in [2.24, 2.45) is 11.3 Å². The molecule has 1 unspecified atom stereocenters. The Morgan fingerprint density at radius 2 is 1.75 bits per heavy atom. The van der Waals surface area contributed by atoms with E-state index < -0.39 is 5.41 Å². The third-order valence-corrected chi connectivity index (χ3v) is 4.57. The fourth-order valence-corrected chi connectivity index (χ4v) is 2.71. The van der Waals surface area contributed by atoms with E-state index in [-0.39, 0.29) is 45.6 Å². The highest BCUT2D eigenvalue weighted by atomic mass is 35.5. The molecular weight excluding hydrogens is 301 g/mol. The summed E-state index contributed by atoms with van der Waals surface area (Å²) >= 11 is 11.7. The van der Waals surface area contributed by atoms with E-state index in [1.165, 1.54) is 12.1 Å². The number of phenolic OH excluding ortho intramolecular Hbond substituents is 1. The molecule has 0 radical (unpaired) electrons. The smallest absolute Gasteiger partial charge is 0.240 e. The molecule has 0 bridgehead atoms. The van der Waals surface area contributed by atoms with Crippen molar-refractivity contribution in [2.75, 3.05) is 4.90 Å². The van der Waals surface area contributed by atoms with Gasteiger partial charge in [0.15, 0.2) is 5.75 Å². The van der Waals surface area contributed by atoms with Crippen molar-refractivity contribution in [2.45, 2.75) is 27.2 Å². The summed E-state index contributed by atoms with van der Waals surface area (Å²) < 4.78 is 0. The van der Waals surface area contributed by atoms with Crippen molar-refractivity contribution in [1.82, 2.24) is 0 Å². The molecule has 20 heavy (non-hydrogen) atoms. The highest BCUT2D eigenvalue weighted by molar-refractivity contribution is 6.38. The molecule has 108 valence electrons. The predicted molar refractivity (Wildman–Crippen MR) is 78.2 cm³/mol. The van der Waals surface area contributed by atoms with Gasteiger partial charge in [0, 0.05) is 6.42 Å². The van der Waals surface area contributed by atoms with Crippen LogP contribution < -0.4 is 4.90 Å². The van der Waals surface area contributed by atoms with E-state index in [1.54, 1.807) is 6.92 Å². The predicted octanol–water partition coefficient (Wildman–Crippen LogP) is 3.62. The molecule has 0 aliphatic carbocycles. The summed E-state index contributed by atoms with van der Waals surface area (Å²) in [6.07, 6.45) is 0.152. The van der Waals surface area contributed by atoms with Gasteiger partial charge in [0.2, 0.25) is 11.8 Å². The monoisotopic (exact) mass is 315 g/mol. The Morgan fingerprint density at radius 1 is 1.25 bits per heavy atom. The number of aromatic hydroxyl groups is 1. The van der Waals surface area contributed by atoms with Gasteiger partial charge in [-0.15, -0.1) is 0 Å². The van der Waals surface area contributed by atoms with Crippen molar-refractivity contribution in [1.29, 1.82) is 0 Å². The lowest BCUT2D eigenvalue weighted by Crippen LogP contribution is -2.36. The van der Waals surface area contributed by atoms with Crippen LogP contribution in [-0.2, 0) is 9.59 Å². The van der Waals surface area contributed by atoms with Gasteiger partial charge in [0.25, 0.3) is 0 Å². The maximum Gasteiger partial charge on any atom is 0.240 e. The quantitative estimate of drug-likeness (QED) is 0.848. The van der Waals surface area contributed by atoms with E-state index in [2.05, 4.69) is 0 Å². The first-order valence-electron chi connectivity index (χ1n) is 6.24. The molecule has 1 aliphatic rings. The summed E-state index contributed by atoms with van der Waals surface area (Å²) in [7, 11) is 0.